The van der Waals surface area contributed by atoms with E-state index in [9.17, 15) is 4.79 Å². The number of likely N-dealkylation sites (tertiary alicyclic amines) is 1. The average molecular weight is 433 g/mol. The topological polar surface area (TPSA) is 45.5 Å². The summed E-state index contributed by atoms with van der Waals surface area (Å²) in [4.78, 5) is 15.2. The zero-order valence-electron chi connectivity index (χ0n) is 17.3. The predicted octanol–water partition coefficient (Wildman–Crippen LogP) is 5.56. The van der Waals surface area contributed by atoms with Crippen LogP contribution in [0.1, 0.15) is 24.0 Å². The highest BCUT2D eigenvalue weighted by molar-refractivity contribution is 6.30. The van der Waals surface area contributed by atoms with Crippen LogP contribution in [-0.2, 0) is 17.8 Å². The SMILES string of the molecule is O=C(Cc1coc2ccc3ccccc3c12)NC1CCN(Cc2ccc(Cl)cc2)CC1. The number of halogens is 1. The number of nitrogens with one attached hydrogen (secondary N) is 1. The van der Waals surface area contributed by atoms with Crippen LogP contribution in [0, 0.1) is 0 Å². The molecule has 1 aliphatic rings. The van der Waals surface area contributed by atoms with Crippen molar-refractivity contribution in [3.8, 4) is 0 Å². The Bertz CT molecular complexity index is 1210. The molecule has 0 atom stereocenters. The summed E-state index contributed by atoms with van der Waals surface area (Å²) in [6.07, 6.45) is 4.00. The highest BCUT2D eigenvalue weighted by Gasteiger charge is 2.21. The molecular weight excluding hydrogens is 408 g/mol. The van der Waals surface area contributed by atoms with Gasteiger partial charge in [-0.3, -0.25) is 9.69 Å². The Morgan fingerprint density at radius 3 is 2.61 bits per heavy atom. The number of nitrogens with zero attached hydrogens (tertiary/aromatic N) is 1. The minimum Gasteiger partial charge on any atom is -0.464 e. The van der Waals surface area contributed by atoms with E-state index in [4.69, 9.17) is 16.0 Å². The van der Waals surface area contributed by atoms with Crippen LogP contribution in [0.25, 0.3) is 21.7 Å². The van der Waals surface area contributed by atoms with E-state index < -0.39 is 0 Å². The van der Waals surface area contributed by atoms with Crippen molar-refractivity contribution < 1.29 is 9.21 Å². The number of carbonyl (C=O) groups is 1. The first-order valence-corrected chi connectivity index (χ1v) is 11.2. The second-order valence-electron chi connectivity index (χ2n) is 8.34. The maximum atomic E-state index is 12.8. The molecule has 1 fully saturated rings. The number of piperidine rings is 1. The molecule has 1 N–H and O–H groups in total. The van der Waals surface area contributed by atoms with Gasteiger partial charge in [-0.25, -0.2) is 0 Å². The van der Waals surface area contributed by atoms with E-state index in [0.29, 0.717) is 6.42 Å². The van der Waals surface area contributed by atoms with Crippen LogP contribution in [0.2, 0.25) is 5.02 Å². The van der Waals surface area contributed by atoms with Gasteiger partial charge >= 0.3 is 0 Å². The molecular formula is C26H25ClN2O2. The van der Waals surface area contributed by atoms with Crippen molar-refractivity contribution in [1.29, 1.82) is 0 Å². The summed E-state index contributed by atoms with van der Waals surface area (Å²) in [6, 6.07) is 20.5. The number of amides is 1. The quantitative estimate of drug-likeness (QED) is 0.449. The number of benzene rings is 3. The van der Waals surface area contributed by atoms with Gasteiger partial charge in [0.05, 0.1) is 12.7 Å². The van der Waals surface area contributed by atoms with E-state index in [1.807, 2.05) is 30.3 Å². The lowest BCUT2D eigenvalue weighted by atomic mass is 10.0. The maximum absolute atomic E-state index is 12.8. The molecule has 2 heterocycles. The highest BCUT2D eigenvalue weighted by atomic mass is 35.5. The van der Waals surface area contributed by atoms with Crippen LogP contribution in [0.5, 0.6) is 0 Å². The molecule has 158 valence electrons. The van der Waals surface area contributed by atoms with Crippen LogP contribution in [0.4, 0.5) is 0 Å². The van der Waals surface area contributed by atoms with E-state index in [1.165, 1.54) is 5.56 Å². The van der Waals surface area contributed by atoms with Crippen molar-refractivity contribution in [3.63, 3.8) is 0 Å². The average Bonchev–Trinajstić information content (AvgIpc) is 3.20. The first-order chi connectivity index (χ1) is 15.2. The number of hydrogen-bond donors (Lipinski definition) is 1. The summed E-state index contributed by atoms with van der Waals surface area (Å²) < 4.78 is 5.73. The van der Waals surface area contributed by atoms with Crippen molar-refractivity contribution in [2.24, 2.45) is 0 Å². The molecule has 4 aromatic rings. The first-order valence-electron chi connectivity index (χ1n) is 10.8. The molecule has 1 aliphatic heterocycles. The third-order valence-electron chi connectivity index (χ3n) is 6.16. The summed E-state index contributed by atoms with van der Waals surface area (Å²) in [5, 5.41) is 7.34. The molecule has 1 amide bonds. The Labute approximate surface area is 186 Å². The molecule has 5 rings (SSSR count). The van der Waals surface area contributed by atoms with E-state index in [0.717, 1.165) is 64.8 Å². The van der Waals surface area contributed by atoms with Gasteiger partial charge in [-0.1, -0.05) is 54.1 Å². The fourth-order valence-electron chi connectivity index (χ4n) is 4.54. The Kier molecular flexibility index (Phi) is 5.66. The van der Waals surface area contributed by atoms with Crippen molar-refractivity contribution >= 4 is 39.2 Å². The van der Waals surface area contributed by atoms with Crippen molar-refractivity contribution in [1.82, 2.24) is 10.2 Å². The number of rotatable bonds is 5. The van der Waals surface area contributed by atoms with Gasteiger partial charge in [-0.2, -0.15) is 0 Å². The van der Waals surface area contributed by atoms with Gasteiger partial charge in [0.15, 0.2) is 0 Å². The van der Waals surface area contributed by atoms with Crippen molar-refractivity contribution in [3.05, 3.63) is 83.1 Å². The largest absolute Gasteiger partial charge is 0.464 e. The van der Waals surface area contributed by atoms with Gasteiger partial charge in [-0.15, -0.1) is 0 Å². The van der Waals surface area contributed by atoms with E-state index in [2.05, 4.69) is 40.5 Å². The van der Waals surface area contributed by atoms with Crippen LogP contribution < -0.4 is 5.32 Å². The maximum Gasteiger partial charge on any atom is 0.224 e. The zero-order chi connectivity index (χ0) is 21.2. The Hall–Kier alpha value is -2.82. The lowest BCUT2D eigenvalue weighted by Crippen LogP contribution is -2.44. The number of fused-ring (bicyclic) bond motifs is 3. The lowest BCUT2D eigenvalue weighted by molar-refractivity contribution is -0.121. The summed E-state index contributed by atoms with van der Waals surface area (Å²) in [6.45, 7) is 2.88. The molecule has 0 spiro atoms. The molecule has 1 saturated heterocycles. The molecule has 0 aliphatic carbocycles. The summed E-state index contributed by atoms with van der Waals surface area (Å²) in [5.74, 6) is 0.0618. The second kappa shape index (κ2) is 8.74. The molecule has 0 unspecified atom stereocenters. The summed E-state index contributed by atoms with van der Waals surface area (Å²) in [5.41, 5.74) is 3.05. The predicted molar refractivity (Wildman–Crippen MR) is 125 cm³/mol. The molecule has 5 heteroatoms. The van der Waals surface area contributed by atoms with E-state index >= 15 is 0 Å². The molecule has 0 saturated carbocycles. The molecule has 1 aromatic heterocycles. The molecule has 4 nitrogen and oxygen atoms in total. The van der Waals surface area contributed by atoms with Gasteiger partial charge in [0, 0.05) is 41.6 Å². The molecule has 0 bridgehead atoms. The standard InChI is InChI=1S/C26H25ClN2O2/c27-21-8-5-18(6-9-21)16-29-13-11-22(12-14-29)28-25(30)15-20-17-31-24-10-7-19-3-1-2-4-23(19)26(20)24/h1-10,17,22H,11-16H2,(H,28,30). The monoisotopic (exact) mass is 432 g/mol. The minimum atomic E-state index is 0.0618. The van der Waals surface area contributed by atoms with Crippen molar-refractivity contribution in [2.75, 3.05) is 13.1 Å². The van der Waals surface area contributed by atoms with Crippen molar-refractivity contribution in [2.45, 2.75) is 31.8 Å². The first kappa shape index (κ1) is 20.1. The number of carbonyl (C=O) groups excluding carboxylic acids is 1. The Morgan fingerprint density at radius 2 is 1.81 bits per heavy atom. The fourth-order valence-corrected chi connectivity index (χ4v) is 4.67. The Balaban J connectivity index is 1.19. The lowest BCUT2D eigenvalue weighted by Gasteiger charge is -2.32. The van der Waals surface area contributed by atoms with Crippen LogP contribution >= 0.6 is 11.6 Å². The molecule has 0 radical (unpaired) electrons. The fraction of sp³-hybridized carbons (Fsp3) is 0.269. The summed E-state index contributed by atoms with van der Waals surface area (Å²) >= 11 is 5.97. The van der Waals surface area contributed by atoms with Gasteiger partial charge in [-0.05, 0) is 47.4 Å². The third-order valence-corrected chi connectivity index (χ3v) is 6.42. The van der Waals surface area contributed by atoms with Crippen LogP contribution in [0.15, 0.2) is 71.3 Å². The summed E-state index contributed by atoms with van der Waals surface area (Å²) in [7, 11) is 0. The van der Waals surface area contributed by atoms with Gasteiger partial charge in [0.1, 0.15) is 5.58 Å². The van der Waals surface area contributed by atoms with Gasteiger partial charge < -0.3 is 9.73 Å². The van der Waals surface area contributed by atoms with Gasteiger partial charge in [0.25, 0.3) is 0 Å². The third kappa shape index (κ3) is 4.46. The zero-order valence-corrected chi connectivity index (χ0v) is 18.1. The smallest absolute Gasteiger partial charge is 0.224 e. The van der Waals surface area contributed by atoms with E-state index in [-0.39, 0.29) is 11.9 Å². The van der Waals surface area contributed by atoms with Crippen LogP contribution in [-0.4, -0.2) is 29.9 Å². The Morgan fingerprint density at radius 1 is 1.03 bits per heavy atom. The number of hydrogen-bond acceptors (Lipinski definition) is 3. The van der Waals surface area contributed by atoms with Gasteiger partial charge in [0.2, 0.25) is 5.91 Å². The highest BCUT2D eigenvalue weighted by Crippen LogP contribution is 2.30. The van der Waals surface area contributed by atoms with Crippen LogP contribution in [0.3, 0.4) is 0 Å². The van der Waals surface area contributed by atoms with E-state index in [1.54, 1.807) is 6.26 Å². The number of furan rings is 1. The second-order valence-corrected chi connectivity index (χ2v) is 8.78. The molecule has 31 heavy (non-hydrogen) atoms. The molecule has 3 aromatic carbocycles. The normalized spacial score (nSPS) is 15.5. The minimum absolute atomic E-state index is 0.0618.